The van der Waals surface area contributed by atoms with E-state index in [2.05, 4.69) is 130 Å². The van der Waals surface area contributed by atoms with Gasteiger partial charge in [0.2, 0.25) is 0 Å². The third kappa shape index (κ3) is 60.9. The van der Waals surface area contributed by atoms with Gasteiger partial charge in [0.05, 0.1) is 0 Å². The lowest BCUT2D eigenvalue weighted by Crippen LogP contribution is -2.30. The predicted octanol–water partition coefficient (Wildman–Crippen LogP) is 21.8. The van der Waals surface area contributed by atoms with Gasteiger partial charge >= 0.3 is 17.9 Å². The van der Waals surface area contributed by atoms with Gasteiger partial charge in [-0.1, -0.05) is 278 Å². The Morgan fingerprint density at radius 2 is 0.513 bits per heavy atom. The zero-order chi connectivity index (χ0) is 55.0. The minimum absolute atomic E-state index is 0.0799. The van der Waals surface area contributed by atoms with Crippen molar-refractivity contribution in [2.24, 2.45) is 0 Å². The van der Waals surface area contributed by atoms with E-state index in [-0.39, 0.29) is 31.1 Å². The lowest BCUT2D eigenvalue weighted by Gasteiger charge is -2.18. The van der Waals surface area contributed by atoms with Crippen molar-refractivity contribution in [3.63, 3.8) is 0 Å². The summed E-state index contributed by atoms with van der Waals surface area (Å²) in [7, 11) is 0. The third-order valence-corrected chi connectivity index (χ3v) is 13.5. The smallest absolute Gasteiger partial charge is 0.306 e. The van der Waals surface area contributed by atoms with Gasteiger partial charge < -0.3 is 14.2 Å². The normalized spacial score (nSPS) is 12.8. The van der Waals surface area contributed by atoms with Gasteiger partial charge in [0.25, 0.3) is 0 Å². The molecule has 76 heavy (non-hydrogen) atoms. The molecular weight excluding hydrogens is 937 g/mol. The summed E-state index contributed by atoms with van der Waals surface area (Å²) in [6, 6.07) is 0. The Bertz CT molecular complexity index is 1540. The van der Waals surface area contributed by atoms with Crippen molar-refractivity contribution in [1.82, 2.24) is 0 Å². The summed E-state index contributed by atoms with van der Waals surface area (Å²) < 4.78 is 16.8. The van der Waals surface area contributed by atoms with E-state index in [0.717, 1.165) is 116 Å². The van der Waals surface area contributed by atoms with Crippen LogP contribution < -0.4 is 0 Å². The molecule has 0 amide bonds. The number of ether oxygens (including phenoxy) is 3. The van der Waals surface area contributed by atoms with Crippen LogP contribution in [0, 0.1) is 0 Å². The Labute approximate surface area is 470 Å². The molecule has 0 spiro atoms. The Balaban J connectivity index is 4.14. The molecule has 1 atom stereocenters. The molecule has 0 aromatic heterocycles. The van der Waals surface area contributed by atoms with Crippen molar-refractivity contribution in [3.05, 3.63) is 109 Å². The van der Waals surface area contributed by atoms with Gasteiger partial charge in [-0.2, -0.15) is 0 Å². The van der Waals surface area contributed by atoms with E-state index in [0.29, 0.717) is 19.3 Å². The lowest BCUT2D eigenvalue weighted by atomic mass is 10.0. The van der Waals surface area contributed by atoms with Crippen LogP contribution in [-0.4, -0.2) is 37.2 Å². The van der Waals surface area contributed by atoms with Crippen LogP contribution >= 0.6 is 0 Å². The maximum Gasteiger partial charge on any atom is 0.306 e. The van der Waals surface area contributed by atoms with Crippen LogP contribution in [0.4, 0.5) is 0 Å². The van der Waals surface area contributed by atoms with Crippen LogP contribution in [0.25, 0.3) is 0 Å². The molecule has 6 heteroatoms. The molecule has 0 aliphatic rings. The quantitative estimate of drug-likeness (QED) is 0.0261. The van der Waals surface area contributed by atoms with Crippen LogP contribution in [0.2, 0.25) is 0 Å². The summed E-state index contributed by atoms with van der Waals surface area (Å²) >= 11 is 0. The Morgan fingerprint density at radius 3 is 0.829 bits per heavy atom. The van der Waals surface area contributed by atoms with Crippen molar-refractivity contribution in [2.75, 3.05) is 13.2 Å². The molecule has 0 heterocycles. The van der Waals surface area contributed by atoms with E-state index in [1.807, 2.05) is 0 Å². The van der Waals surface area contributed by atoms with Gasteiger partial charge in [0.1, 0.15) is 13.2 Å². The second kappa shape index (κ2) is 63.6. The first kappa shape index (κ1) is 72.1. The van der Waals surface area contributed by atoms with Gasteiger partial charge in [0.15, 0.2) is 6.10 Å². The molecule has 0 aromatic rings. The molecule has 0 saturated heterocycles. The highest BCUT2D eigenvalue weighted by molar-refractivity contribution is 5.71. The van der Waals surface area contributed by atoms with Crippen LogP contribution in [0.15, 0.2) is 109 Å². The number of allylic oxidation sites excluding steroid dienone is 18. The third-order valence-electron chi connectivity index (χ3n) is 13.5. The van der Waals surface area contributed by atoms with E-state index < -0.39 is 6.10 Å². The first-order valence-electron chi connectivity index (χ1n) is 31.9. The van der Waals surface area contributed by atoms with Crippen LogP contribution in [0.5, 0.6) is 0 Å². The second-order valence-corrected chi connectivity index (χ2v) is 20.9. The van der Waals surface area contributed by atoms with Gasteiger partial charge in [-0.05, 0) is 109 Å². The van der Waals surface area contributed by atoms with E-state index >= 15 is 0 Å². The van der Waals surface area contributed by atoms with Gasteiger partial charge in [-0.15, -0.1) is 0 Å². The van der Waals surface area contributed by atoms with Crippen LogP contribution in [-0.2, 0) is 28.6 Å². The standard InChI is InChI=1S/C70H118O6/c1-4-7-10-13-16-19-21-23-25-27-28-29-30-31-32-33-34-35-36-37-38-39-40-41-42-44-45-47-49-51-54-57-60-63-69(72)75-66-67(65-74-68(71)62-59-56-53-18-15-12-9-6-3)76-70(73)64-61-58-55-52-50-48-46-43-26-24-22-20-17-14-11-8-5-2/h7,10,16-17,19-20,23-26,28-29,31-32,34-35,37-38,67H,4-6,8-9,11-15,18,21-22,27,30,33,36,39-66H2,1-3H3/b10-7-,19-16-,20-17-,25-23-,26-24-,29-28-,32-31-,35-34-,38-37-. The summed E-state index contributed by atoms with van der Waals surface area (Å²) in [5.74, 6) is -0.889. The van der Waals surface area contributed by atoms with Crippen LogP contribution in [0.3, 0.4) is 0 Å². The number of hydrogen-bond donors (Lipinski definition) is 0. The maximum absolute atomic E-state index is 12.8. The van der Waals surface area contributed by atoms with E-state index in [4.69, 9.17) is 14.2 Å². The lowest BCUT2D eigenvalue weighted by molar-refractivity contribution is -0.167. The molecule has 0 fully saturated rings. The number of carbonyl (C=O) groups excluding carboxylic acids is 3. The Kier molecular flexibility index (Phi) is 60.3. The molecule has 0 radical (unpaired) electrons. The van der Waals surface area contributed by atoms with E-state index in [1.54, 1.807) is 0 Å². The Morgan fingerprint density at radius 1 is 0.276 bits per heavy atom. The molecule has 0 aliphatic heterocycles. The molecule has 0 N–H and O–H groups in total. The van der Waals surface area contributed by atoms with Crippen molar-refractivity contribution in [2.45, 2.75) is 303 Å². The highest BCUT2D eigenvalue weighted by atomic mass is 16.6. The number of esters is 3. The zero-order valence-corrected chi connectivity index (χ0v) is 49.7. The first-order valence-corrected chi connectivity index (χ1v) is 31.9. The average Bonchev–Trinajstić information content (AvgIpc) is 3.42. The molecule has 0 rings (SSSR count). The summed E-state index contributed by atoms with van der Waals surface area (Å²) in [6.07, 6.45) is 86.8. The fourth-order valence-corrected chi connectivity index (χ4v) is 8.75. The Hall–Kier alpha value is -3.93. The number of hydrogen-bond acceptors (Lipinski definition) is 6. The molecule has 0 aromatic carbocycles. The number of carbonyl (C=O) groups is 3. The molecule has 0 bridgehead atoms. The minimum Gasteiger partial charge on any atom is -0.462 e. The van der Waals surface area contributed by atoms with Gasteiger partial charge in [-0.25, -0.2) is 0 Å². The maximum atomic E-state index is 12.8. The molecule has 6 nitrogen and oxygen atoms in total. The highest BCUT2D eigenvalue weighted by Gasteiger charge is 2.19. The average molecular weight is 1060 g/mol. The van der Waals surface area contributed by atoms with Crippen LogP contribution in [0.1, 0.15) is 297 Å². The summed E-state index contributed by atoms with van der Waals surface area (Å²) in [4.78, 5) is 38.1. The fourth-order valence-electron chi connectivity index (χ4n) is 8.75. The first-order chi connectivity index (χ1) is 37.5. The van der Waals surface area contributed by atoms with E-state index in [1.165, 1.54) is 141 Å². The van der Waals surface area contributed by atoms with Crippen molar-refractivity contribution < 1.29 is 28.6 Å². The largest absolute Gasteiger partial charge is 0.462 e. The summed E-state index contributed by atoms with van der Waals surface area (Å²) in [5, 5.41) is 0. The van der Waals surface area contributed by atoms with Gasteiger partial charge in [0, 0.05) is 19.3 Å². The highest BCUT2D eigenvalue weighted by Crippen LogP contribution is 2.16. The summed E-state index contributed by atoms with van der Waals surface area (Å²) in [6.45, 7) is 6.48. The molecule has 0 saturated carbocycles. The minimum atomic E-state index is -0.781. The SMILES string of the molecule is CC/C=C\C/C=C\C/C=C\C/C=C\C/C=C\C/C=C\C/C=C\CCCCCCCCCCCCCC(=O)OCC(COC(=O)CCCCCCCCCC)OC(=O)CCCCCCCCC/C=C\C/C=C\CCCCC. The van der Waals surface area contributed by atoms with Crippen molar-refractivity contribution >= 4 is 17.9 Å². The number of rotatable bonds is 57. The molecule has 434 valence electrons. The topological polar surface area (TPSA) is 78.9 Å². The van der Waals surface area contributed by atoms with E-state index in [9.17, 15) is 14.4 Å². The monoisotopic (exact) mass is 1050 g/mol. The molecule has 1 unspecified atom stereocenters. The van der Waals surface area contributed by atoms with Crippen molar-refractivity contribution in [3.8, 4) is 0 Å². The predicted molar refractivity (Wildman–Crippen MR) is 330 cm³/mol. The molecule has 0 aliphatic carbocycles. The summed E-state index contributed by atoms with van der Waals surface area (Å²) in [5.41, 5.74) is 0. The van der Waals surface area contributed by atoms with Crippen molar-refractivity contribution in [1.29, 1.82) is 0 Å². The number of unbranched alkanes of at least 4 members (excludes halogenated alkanes) is 28. The fraction of sp³-hybridized carbons (Fsp3) is 0.700. The zero-order valence-electron chi connectivity index (χ0n) is 49.7. The molecular formula is C70H118O6. The second-order valence-electron chi connectivity index (χ2n) is 20.9. The van der Waals surface area contributed by atoms with Gasteiger partial charge in [-0.3, -0.25) is 14.4 Å².